The quantitative estimate of drug-likeness (QED) is 0.754. The summed E-state index contributed by atoms with van der Waals surface area (Å²) in [5.74, 6) is 1.71. The van der Waals surface area contributed by atoms with Gasteiger partial charge in [0.15, 0.2) is 5.78 Å². The van der Waals surface area contributed by atoms with Crippen LogP contribution in [0.1, 0.15) is 52.9 Å². The Morgan fingerprint density at radius 1 is 1.50 bits per heavy atom. The number of ketones is 1. The second kappa shape index (κ2) is 4.91. The zero-order valence-electron chi connectivity index (χ0n) is 12.0. The van der Waals surface area contributed by atoms with Gasteiger partial charge in [0.1, 0.15) is 5.76 Å². The molecular weight excluding hydrogens is 224 g/mol. The predicted octanol–water partition coefficient (Wildman–Crippen LogP) is 4.02. The lowest BCUT2D eigenvalue weighted by atomic mass is 9.59. The number of hydrogen-bond acceptors (Lipinski definition) is 2. The monoisotopic (exact) mass is 248 g/mol. The van der Waals surface area contributed by atoms with E-state index in [1.54, 1.807) is 7.11 Å². The Morgan fingerprint density at radius 2 is 2.22 bits per heavy atom. The van der Waals surface area contributed by atoms with Crippen LogP contribution in [0.3, 0.4) is 0 Å². The lowest BCUT2D eigenvalue weighted by Gasteiger charge is -2.43. The number of Topliss-reactive ketones (excluding diaryl/α,β-unsaturated/α-hetero) is 1. The summed E-state index contributed by atoms with van der Waals surface area (Å²) in [5, 5.41) is 0. The highest BCUT2D eigenvalue weighted by atomic mass is 16.5. The Morgan fingerprint density at radius 3 is 2.83 bits per heavy atom. The van der Waals surface area contributed by atoms with Gasteiger partial charge >= 0.3 is 0 Å². The lowest BCUT2D eigenvalue weighted by molar-refractivity contribution is -0.126. The van der Waals surface area contributed by atoms with Crippen LogP contribution in [0.2, 0.25) is 0 Å². The number of carbonyl (C=O) groups excluding carboxylic acids is 1. The van der Waals surface area contributed by atoms with Crippen LogP contribution in [0.15, 0.2) is 23.0 Å². The average Bonchev–Trinajstić information content (AvgIpc) is 2.36. The Hall–Kier alpha value is -1.05. The van der Waals surface area contributed by atoms with E-state index in [4.69, 9.17) is 4.74 Å². The molecule has 1 fully saturated rings. The maximum absolute atomic E-state index is 12.8. The molecule has 0 unspecified atom stereocenters. The van der Waals surface area contributed by atoms with Crippen molar-refractivity contribution in [2.45, 2.75) is 52.9 Å². The van der Waals surface area contributed by atoms with Crippen LogP contribution in [0, 0.1) is 11.3 Å². The van der Waals surface area contributed by atoms with Gasteiger partial charge in [0.25, 0.3) is 0 Å². The van der Waals surface area contributed by atoms with E-state index in [1.807, 2.05) is 6.08 Å². The molecule has 0 saturated heterocycles. The van der Waals surface area contributed by atoms with Crippen molar-refractivity contribution in [2.75, 3.05) is 7.11 Å². The number of ether oxygens (including phenoxy) is 1. The summed E-state index contributed by atoms with van der Waals surface area (Å²) in [6.45, 7) is 6.45. The molecule has 1 saturated carbocycles. The number of fused-ring (bicyclic) bond motifs is 1. The molecule has 0 amide bonds. The van der Waals surface area contributed by atoms with E-state index in [2.05, 4.69) is 20.8 Å². The van der Waals surface area contributed by atoms with E-state index in [0.29, 0.717) is 11.7 Å². The van der Waals surface area contributed by atoms with Crippen LogP contribution in [-0.2, 0) is 9.53 Å². The van der Waals surface area contributed by atoms with Crippen molar-refractivity contribution in [1.29, 1.82) is 0 Å². The SMILES string of the molecule is CCCC1=CC(OC)=C2CCC[C@H](C)[C@@]2(C)C1=O. The van der Waals surface area contributed by atoms with Gasteiger partial charge in [-0.05, 0) is 55.7 Å². The molecule has 0 spiro atoms. The minimum atomic E-state index is -0.317. The molecule has 0 aromatic carbocycles. The molecule has 0 N–H and O–H groups in total. The summed E-state index contributed by atoms with van der Waals surface area (Å²) in [7, 11) is 1.72. The molecule has 2 nitrogen and oxygen atoms in total. The number of carbonyl (C=O) groups is 1. The minimum Gasteiger partial charge on any atom is -0.497 e. The van der Waals surface area contributed by atoms with Gasteiger partial charge in [0.05, 0.1) is 12.5 Å². The standard InChI is InChI=1S/C16H24O2/c1-5-7-12-10-14(18-4)13-9-6-8-11(2)16(13,3)15(12)17/h10-11H,5-9H2,1-4H3/t11-,16+/m0/s1. The van der Waals surface area contributed by atoms with Crippen molar-refractivity contribution in [1.82, 2.24) is 0 Å². The first kappa shape index (κ1) is 13.4. The fourth-order valence-corrected chi connectivity index (χ4v) is 3.45. The second-order valence-electron chi connectivity index (χ2n) is 5.79. The van der Waals surface area contributed by atoms with Gasteiger partial charge < -0.3 is 4.74 Å². The fourth-order valence-electron chi connectivity index (χ4n) is 3.45. The second-order valence-corrected chi connectivity index (χ2v) is 5.79. The largest absolute Gasteiger partial charge is 0.497 e. The number of allylic oxidation sites excluding steroid dienone is 3. The molecule has 2 heteroatoms. The molecule has 2 aliphatic rings. The molecule has 0 bridgehead atoms. The molecule has 0 aromatic rings. The van der Waals surface area contributed by atoms with Crippen molar-refractivity contribution >= 4 is 5.78 Å². The first-order valence-electron chi connectivity index (χ1n) is 7.08. The number of rotatable bonds is 3. The maximum atomic E-state index is 12.8. The van der Waals surface area contributed by atoms with Crippen molar-refractivity contribution in [3.8, 4) is 0 Å². The summed E-state index contributed by atoms with van der Waals surface area (Å²) >= 11 is 0. The van der Waals surface area contributed by atoms with E-state index >= 15 is 0 Å². The molecule has 100 valence electrons. The average molecular weight is 248 g/mol. The highest BCUT2D eigenvalue weighted by Gasteiger charge is 2.48. The van der Waals surface area contributed by atoms with Gasteiger partial charge in [-0.2, -0.15) is 0 Å². The third-order valence-corrected chi connectivity index (χ3v) is 4.78. The Balaban J connectivity index is 2.52. The zero-order chi connectivity index (χ0) is 13.3. The summed E-state index contributed by atoms with van der Waals surface area (Å²) in [6.07, 6.45) is 7.17. The topological polar surface area (TPSA) is 26.3 Å². The third-order valence-electron chi connectivity index (χ3n) is 4.78. The van der Waals surface area contributed by atoms with E-state index in [9.17, 15) is 4.79 Å². The van der Waals surface area contributed by atoms with Gasteiger partial charge in [0, 0.05) is 0 Å². The van der Waals surface area contributed by atoms with Crippen LogP contribution >= 0.6 is 0 Å². The Labute approximate surface area is 110 Å². The Bertz CT molecular complexity index is 417. The summed E-state index contributed by atoms with van der Waals surface area (Å²) in [6, 6.07) is 0. The van der Waals surface area contributed by atoms with Crippen molar-refractivity contribution in [3.63, 3.8) is 0 Å². The van der Waals surface area contributed by atoms with Crippen LogP contribution in [0.4, 0.5) is 0 Å². The Kier molecular flexibility index (Phi) is 3.65. The third kappa shape index (κ3) is 1.82. The molecule has 2 aliphatic carbocycles. The van der Waals surface area contributed by atoms with E-state index < -0.39 is 0 Å². The maximum Gasteiger partial charge on any atom is 0.169 e. The van der Waals surface area contributed by atoms with Crippen LogP contribution in [-0.4, -0.2) is 12.9 Å². The van der Waals surface area contributed by atoms with Gasteiger partial charge in [0.2, 0.25) is 0 Å². The predicted molar refractivity (Wildman–Crippen MR) is 73.2 cm³/mol. The summed E-state index contributed by atoms with van der Waals surface area (Å²) in [5.41, 5.74) is 1.87. The molecular formula is C16H24O2. The molecule has 0 radical (unpaired) electrons. The number of methoxy groups -OCH3 is 1. The molecule has 18 heavy (non-hydrogen) atoms. The van der Waals surface area contributed by atoms with Crippen molar-refractivity contribution in [3.05, 3.63) is 23.0 Å². The summed E-state index contributed by atoms with van der Waals surface area (Å²) < 4.78 is 5.55. The minimum absolute atomic E-state index is 0.317. The van der Waals surface area contributed by atoms with Gasteiger partial charge in [-0.3, -0.25) is 4.79 Å². The van der Waals surface area contributed by atoms with E-state index in [0.717, 1.165) is 37.0 Å². The summed E-state index contributed by atoms with van der Waals surface area (Å²) in [4.78, 5) is 12.8. The van der Waals surface area contributed by atoms with Gasteiger partial charge in [-0.15, -0.1) is 0 Å². The first-order chi connectivity index (χ1) is 8.55. The van der Waals surface area contributed by atoms with E-state index in [-0.39, 0.29) is 5.41 Å². The van der Waals surface area contributed by atoms with Crippen LogP contribution in [0.5, 0.6) is 0 Å². The van der Waals surface area contributed by atoms with Crippen LogP contribution in [0.25, 0.3) is 0 Å². The van der Waals surface area contributed by atoms with Crippen molar-refractivity contribution in [2.24, 2.45) is 11.3 Å². The highest BCUT2D eigenvalue weighted by molar-refractivity contribution is 6.03. The van der Waals surface area contributed by atoms with Crippen molar-refractivity contribution < 1.29 is 9.53 Å². The highest BCUT2D eigenvalue weighted by Crippen LogP contribution is 2.51. The molecule has 0 aliphatic heterocycles. The first-order valence-corrected chi connectivity index (χ1v) is 7.08. The zero-order valence-corrected chi connectivity index (χ0v) is 12.0. The lowest BCUT2D eigenvalue weighted by Crippen LogP contribution is -2.42. The molecule has 2 rings (SSSR count). The van der Waals surface area contributed by atoms with Crippen LogP contribution < -0.4 is 0 Å². The normalized spacial score (nSPS) is 32.1. The van der Waals surface area contributed by atoms with Gasteiger partial charge in [-0.25, -0.2) is 0 Å². The van der Waals surface area contributed by atoms with E-state index in [1.165, 1.54) is 12.0 Å². The fraction of sp³-hybridized carbons (Fsp3) is 0.688. The smallest absolute Gasteiger partial charge is 0.169 e. The number of hydrogen-bond donors (Lipinski definition) is 0. The molecule has 0 aromatic heterocycles. The molecule has 2 atom stereocenters. The molecule has 0 heterocycles. The van der Waals surface area contributed by atoms with Gasteiger partial charge in [-0.1, -0.05) is 20.3 Å².